The summed E-state index contributed by atoms with van der Waals surface area (Å²) >= 11 is 3.40. The zero-order valence-corrected chi connectivity index (χ0v) is 16.7. The molecule has 0 atom stereocenters. The molecule has 1 aliphatic heterocycles. The number of hydrogen-bond acceptors (Lipinski definition) is 4. The first-order chi connectivity index (χ1) is 12.7. The van der Waals surface area contributed by atoms with Crippen molar-refractivity contribution in [1.29, 1.82) is 0 Å². The highest BCUT2D eigenvalue weighted by Gasteiger charge is 2.17. The van der Waals surface area contributed by atoms with Crippen LogP contribution in [0.5, 0.6) is 11.5 Å². The monoisotopic (exact) mass is 416 g/mol. The van der Waals surface area contributed by atoms with Gasteiger partial charge < -0.3 is 9.84 Å². The van der Waals surface area contributed by atoms with Crippen molar-refractivity contribution in [2.45, 2.75) is 6.54 Å². The normalized spacial score (nSPS) is 16.2. The van der Waals surface area contributed by atoms with Crippen molar-refractivity contribution in [2.75, 3.05) is 39.8 Å². The van der Waals surface area contributed by atoms with Crippen LogP contribution in [0.25, 0.3) is 6.08 Å². The van der Waals surface area contributed by atoms with Gasteiger partial charge in [0.25, 0.3) is 0 Å². The Hall–Kier alpha value is -1.82. The number of piperazine rings is 1. The van der Waals surface area contributed by atoms with Gasteiger partial charge in [0.1, 0.15) is 0 Å². The van der Waals surface area contributed by atoms with Crippen molar-refractivity contribution in [3.63, 3.8) is 0 Å². The van der Waals surface area contributed by atoms with Crippen LogP contribution in [0.15, 0.2) is 53.0 Å². The number of hydrogen-bond donors (Lipinski definition) is 1. The standard InChI is InChI=1S/C21H25BrN2O2/c1-26-20-15-18(14-19(22)21(20)25)16-24-12-10-23(11-13-24)9-5-8-17-6-3-2-4-7-17/h2-8,14-15,25H,9-13,16H2,1H3. The topological polar surface area (TPSA) is 35.9 Å². The van der Waals surface area contributed by atoms with Crippen molar-refractivity contribution in [3.05, 3.63) is 64.1 Å². The molecule has 0 amide bonds. The molecule has 0 radical (unpaired) electrons. The molecule has 4 nitrogen and oxygen atoms in total. The van der Waals surface area contributed by atoms with Crippen LogP contribution in [0.3, 0.4) is 0 Å². The van der Waals surface area contributed by atoms with E-state index >= 15 is 0 Å². The third-order valence-electron chi connectivity index (χ3n) is 4.65. The molecule has 0 unspecified atom stereocenters. The highest BCUT2D eigenvalue weighted by molar-refractivity contribution is 9.10. The fourth-order valence-corrected chi connectivity index (χ4v) is 3.65. The van der Waals surface area contributed by atoms with Crippen molar-refractivity contribution >= 4 is 22.0 Å². The maximum absolute atomic E-state index is 9.93. The number of phenols is 1. The molecule has 0 bridgehead atoms. The Morgan fingerprint density at radius 3 is 2.46 bits per heavy atom. The van der Waals surface area contributed by atoms with Crippen molar-refractivity contribution in [1.82, 2.24) is 9.80 Å². The SMILES string of the molecule is COc1cc(CN2CCN(CC=Cc3ccccc3)CC2)cc(Br)c1O. The molecule has 2 aromatic carbocycles. The smallest absolute Gasteiger partial charge is 0.172 e. The summed E-state index contributed by atoms with van der Waals surface area (Å²) in [5.41, 5.74) is 2.39. The van der Waals surface area contributed by atoms with E-state index in [1.54, 1.807) is 7.11 Å². The van der Waals surface area contributed by atoms with Crippen LogP contribution < -0.4 is 4.74 Å². The predicted octanol–water partition coefficient (Wildman–Crippen LogP) is 3.99. The fourth-order valence-electron chi connectivity index (χ4n) is 3.16. The maximum Gasteiger partial charge on any atom is 0.172 e. The van der Waals surface area contributed by atoms with E-state index in [-0.39, 0.29) is 5.75 Å². The lowest BCUT2D eigenvalue weighted by Crippen LogP contribution is -2.45. The van der Waals surface area contributed by atoms with Gasteiger partial charge in [-0.1, -0.05) is 42.5 Å². The van der Waals surface area contributed by atoms with Gasteiger partial charge in [-0.15, -0.1) is 0 Å². The number of nitrogens with zero attached hydrogens (tertiary/aromatic N) is 2. The Morgan fingerprint density at radius 1 is 1.08 bits per heavy atom. The minimum atomic E-state index is 0.159. The number of phenolic OH excluding ortho intramolecular Hbond substituents is 1. The summed E-state index contributed by atoms with van der Waals surface area (Å²) in [5.74, 6) is 0.672. The number of ether oxygens (including phenoxy) is 1. The maximum atomic E-state index is 9.93. The molecule has 3 rings (SSSR count). The summed E-state index contributed by atoms with van der Waals surface area (Å²) in [6, 6.07) is 14.3. The van der Waals surface area contributed by atoms with E-state index in [1.165, 1.54) is 5.56 Å². The first-order valence-electron chi connectivity index (χ1n) is 8.87. The van der Waals surface area contributed by atoms with Crippen LogP contribution in [-0.2, 0) is 6.54 Å². The number of halogens is 1. The average Bonchev–Trinajstić information content (AvgIpc) is 2.67. The van der Waals surface area contributed by atoms with Crippen LogP contribution >= 0.6 is 15.9 Å². The van der Waals surface area contributed by atoms with Gasteiger partial charge in [0.15, 0.2) is 11.5 Å². The van der Waals surface area contributed by atoms with E-state index in [1.807, 2.05) is 18.2 Å². The number of rotatable bonds is 6. The van der Waals surface area contributed by atoms with Crippen molar-refractivity contribution in [3.8, 4) is 11.5 Å². The van der Waals surface area contributed by atoms with Crippen LogP contribution in [0.4, 0.5) is 0 Å². The highest BCUT2D eigenvalue weighted by atomic mass is 79.9. The Labute approximate surface area is 163 Å². The van der Waals surface area contributed by atoms with Gasteiger partial charge in [-0.05, 0) is 39.2 Å². The molecule has 0 saturated carbocycles. The molecule has 1 saturated heterocycles. The number of methoxy groups -OCH3 is 1. The second-order valence-electron chi connectivity index (χ2n) is 6.52. The number of aromatic hydroxyl groups is 1. The van der Waals surface area contributed by atoms with Gasteiger partial charge in [-0.3, -0.25) is 9.80 Å². The summed E-state index contributed by atoms with van der Waals surface area (Å²) in [6.07, 6.45) is 4.43. The molecule has 1 heterocycles. The third kappa shape index (κ3) is 5.10. The highest BCUT2D eigenvalue weighted by Crippen LogP contribution is 2.35. The minimum Gasteiger partial charge on any atom is -0.503 e. The van der Waals surface area contributed by atoms with Gasteiger partial charge >= 0.3 is 0 Å². The lowest BCUT2D eigenvalue weighted by Gasteiger charge is -2.34. The first kappa shape index (κ1) is 19.0. The summed E-state index contributed by atoms with van der Waals surface area (Å²) in [6.45, 7) is 6.06. The Bertz CT molecular complexity index is 741. The van der Waals surface area contributed by atoms with Gasteiger partial charge in [-0.2, -0.15) is 0 Å². The Morgan fingerprint density at radius 2 is 1.77 bits per heavy atom. The largest absolute Gasteiger partial charge is 0.503 e. The van der Waals surface area contributed by atoms with Gasteiger partial charge in [0.05, 0.1) is 11.6 Å². The summed E-state index contributed by atoms with van der Waals surface area (Å²) < 4.78 is 5.92. The molecule has 1 fully saturated rings. The van der Waals surface area contributed by atoms with Gasteiger partial charge in [0.2, 0.25) is 0 Å². The van der Waals surface area contributed by atoms with E-state index < -0.39 is 0 Å². The summed E-state index contributed by atoms with van der Waals surface area (Å²) in [5, 5.41) is 9.93. The van der Waals surface area contributed by atoms with E-state index in [9.17, 15) is 5.11 Å². The number of benzene rings is 2. The zero-order valence-electron chi connectivity index (χ0n) is 15.1. The Kier molecular flexibility index (Phi) is 6.72. The molecule has 0 aromatic heterocycles. The molecule has 0 aliphatic carbocycles. The quantitative estimate of drug-likeness (QED) is 0.771. The van der Waals surface area contributed by atoms with E-state index in [2.05, 4.69) is 62.1 Å². The molecular weight excluding hydrogens is 392 g/mol. The van der Waals surface area contributed by atoms with Crippen molar-refractivity contribution < 1.29 is 9.84 Å². The molecule has 1 aliphatic rings. The van der Waals surface area contributed by atoms with E-state index in [0.29, 0.717) is 10.2 Å². The summed E-state index contributed by atoms with van der Waals surface area (Å²) in [4.78, 5) is 4.92. The zero-order chi connectivity index (χ0) is 18.4. The van der Waals surface area contributed by atoms with Gasteiger partial charge in [-0.25, -0.2) is 0 Å². The second-order valence-corrected chi connectivity index (χ2v) is 7.37. The fraction of sp³-hybridized carbons (Fsp3) is 0.333. The van der Waals surface area contributed by atoms with Crippen LogP contribution in [0.1, 0.15) is 11.1 Å². The minimum absolute atomic E-state index is 0.159. The van der Waals surface area contributed by atoms with Crippen LogP contribution in [0.2, 0.25) is 0 Å². The molecule has 5 heteroatoms. The molecule has 138 valence electrons. The lowest BCUT2D eigenvalue weighted by atomic mass is 10.1. The first-order valence-corrected chi connectivity index (χ1v) is 9.66. The molecular formula is C21H25BrN2O2. The third-order valence-corrected chi connectivity index (χ3v) is 5.26. The second kappa shape index (κ2) is 9.21. The van der Waals surface area contributed by atoms with Crippen LogP contribution in [0, 0.1) is 0 Å². The van der Waals surface area contributed by atoms with E-state index in [4.69, 9.17) is 4.74 Å². The molecule has 2 aromatic rings. The summed E-state index contributed by atoms with van der Waals surface area (Å²) in [7, 11) is 1.58. The predicted molar refractivity (Wildman–Crippen MR) is 110 cm³/mol. The molecule has 0 spiro atoms. The average molecular weight is 417 g/mol. The molecule has 1 N–H and O–H groups in total. The van der Waals surface area contributed by atoms with Gasteiger partial charge in [0, 0.05) is 39.3 Å². The Balaban J connectivity index is 1.48. The van der Waals surface area contributed by atoms with Crippen molar-refractivity contribution in [2.24, 2.45) is 0 Å². The van der Waals surface area contributed by atoms with E-state index in [0.717, 1.165) is 44.8 Å². The lowest BCUT2D eigenvalue weighted by molar-refractivity contribution is 0.137. The van der Waals surface area contributed by atoms with Crippen LogP contribution in [-0.4, -0.2) is 54.7 Å². The molecule has 26 heavy (non-hydrogen) atoms.